The van der Waals surface area contributed by atoms with Crippen molar-refractivity contribution in [3.63, 3.8) is 0 Å². The minimum absolute atomic E-state index is 0.0319. The van der Waals surface area contributed by atoms with Crippen molar-refractivity contribution < 1.29 is 19.1 Å². The van der Waals surface area contributed by atoms with Crippen molar-refractivity contribution in [2.75, 3.05) is 7.11 Å². The lowest BCUT2D eigenvalue weighted by atomic mass is 10.1. The molecule has 1 atom stereocenters. The summed E-state index contributed by atoms with van der Waals surface area (Å²) in [4.78, 5) is 12.1. The summed E-state index contributed by atoms with van der Waals surface area (Å²) < 4.78 is 11.8. The van der Waals surface area contributed by atoms with E-state index in [1.54, 1.807) is 17.7 Å². The van der Waals surface area contributed by atoms with Crippen LogP contribution in [-0.2, 0) is 10.3 Å². The zero-order chi connectivity index (χ0) is 21.3. The summed E-state index contributed by atoms with van der Waals surface area (Å²) in [5.41, 5.74) is 0.758. The summed E-state index contributed by atoms with van der Waals surface area (Å²) in [5, 5.41) is 23.2. The average Bonchev–Trinajstić information content (AvgIpc) is 3.36. The predicted molar refractivity (Wildman–Crippen MR) is 108 cm³/mol. The number of ether oxygens (including phenoxy) is 1. The molecule has 2 heterocycles. The number of aliphatic hydroxyl groups is 1. The van der Waals surface area contributed by atoms with Gasteiger partial charge in [-0.25, -0.2) is 9.48 Å². The van der Waals surface area contributed by atoms with E-state index < -0.39 is 11.6 Å². The molecule has 1 N–H and O–H groups in total. The number of carbonyl (C=O) groups excluding carboxylic acids is 1. The third-order valence-electron chi connectivity index (χ3n) is 4.45. The number of rotatable bonds is 3. The van der Waals surface area contributed by atoms with Crippen molar-refractivity contribution >= 4 is 16.9 Å². The molecule has 4 rings (SSSR count). The lowest BCUT2D eigenvalue weighted by Gasteiger charge is -2.10. The Labute approximate surface area is 172 Å². The van der Waals surface area contributed by atoms with E-state index in [-0.39, 0.29) is 11.6 Å². The van der Waals surface area contributed by atoms with E-state index in [9.17, 15) is 9.90 Å². The fourth-order valence-corrected chi connectivity index (χ4v) is 2.97. The molecule has 0 aliphatic carbocycles. The minimum Gasteiger partial charge on any atom is -0.464 e. The number of nitrogens with zero attached hydrogens (tertiary/aromatic N) is 4. The number of carbonyl (C=O) groups is 1. The lowest BCUT2D eigenvalue weighted by Crippen LogP contribution is -2.19. The third-order valence-corrected chi connectivity index (χ3v) is 4.45. The van der Waals surface area contributed by atoms with Crippen molar-refractivity contribution in [1.82, 2.24) is 20.0 Å². The Bertz CT molecular complexity index is 1310. The first-order valence-corrected chi connectivity index (χ1v) is 9.12. The van der Waals surface area contributed by atoms with Gasteiger partial charge in [0.05, 0.1) is 18.3 Å². The highest BCUT2D eigenvalue weighted by atomic mass is 16.5. The quantitative estimate of drug-likeness (QED) is 0.415. The van der Waals surface area contributed by atoms with Crippen molar-refractivity contribution in [3.8, 4) is 17.5 Å². The van der Waals surface area contributed by atoms with Crippen LogP contribution in [0.25, 0.3) is 16.6 Å². The monoisotopic (exact) mass is 402 g/mol. The number of benzene rings is 2. The van der Waals surface area contributed by atoms with E-state index in [1.165, 1.54) is 14.0 Å². The van der Waals surface area contributed by atoms with Gasteiger partial charge in [-0.2, -0.15) is 5.10 Å². The van der Waals surface area contributed by atoms with Gasteiger partial charge >= 0.3 is 5.97 Å². The normalized spacial score (nSPS) is 12.8. The minimum atomic E-state index is -1.59. The molecule has 30 heavy (non-hydrogen) atoms. The van der Waals surface area contributed by atoms with Crippen LogP contribution in [0.2, 0.25) is 0 Å². The third kappa shape index (κ3) is 3.54. The van der Waals surface area contributed by atoms with Crippen LogP contribution in [0.5, 0.6) is 0 Å². The maximum Gasteiger partial charge on any atom is 0.359 e. The molecule has 0 bridgehead atoms. The highest BCUT2D eigenvalue weighted by molar-refractivity contribution is 6.02. The van der Waals surface area contributed by atoms with E-state index in [2.05, 4.69) is 27.1 Å². The van der Waals surface area contributed by atoms with Crippen LogP contribution in [0.4, 0.5) is 0 Å². The Morgan fingerprint density at radius 3 is 2.73 bits per heavy atom. The highest BCUT2D eigenvalue weighted by Gasteiger charge is 2.27. The smallest absolute Gasteiger partial charge is 0.359 e. The molecule has 8 heteroatoms. The van der Waals surface area contributed by atoms with E-state index in [0.717, 1.165) is 5.52 Å². The second-order valence-corrected chi connectivity index (χ2v) is 6.77. The van der Waals surface area contributed by atoms with E-state index in [4.69, 9.17) is 9.15 Å². The molecule has 0 aliphatic rings. The molecular formula is C22H18N4O4. The zero-order valence-electron chi connectivity index (χ0n) is 16.6. The second kappa shape index (κ2) is 7.46. The fraction of sp³-hybridized carbons (Fsp3) is 0.182. The lowest BCUT2D eigenvalue weighted by molar-refractivity contribution is 0.0595. The molecule has 2 aromatic heterocycles. The van der Waals surface area contributed by atoms with Gasteiger partial charge in [0.15, 0.2) is 5.69 Å². The molecule has 0 saturated carbocycles. The Kier molecular flexibility index (Phi) is 4.82. The van der Waals surface area contributed by atoms with Gasteiger partial charge in [-0.05, 0) is 31.2 Å². The van der Waals surface area contributed by atoms with E-state index in [0.29, 0.717) is 22.5 Å². The van der Waals surface area contributed by atoms with Crippen LogP contribution < -0.4 is 0 Å². The van der Waals surface area contributed by atoms with Gasteiger partial charge in [-0.3, -0.25) is 0 Å². The van der Waals surface area contributed by atoms with Gasteiger partial charge in [-0.1, -0.05) is 36.1 Å². The fourth-order valence-electron chi connectivity index (χ4n) is 2.97. The number of methoxy groups -OCH3 is 1. The summed E-state index contributed by atoms with van der Waals surface area (Å²) in [6.45, 7) is 3.13. The Morgan fingerprint density at radius 2 is 2.00 bits per heavy atom. The van der Waals surface area contributed by atoms with Crippen molar-refractivity contribution in [1.29, 1.82) is 0 Å². The highest BCUT2D eigenvalue weighted by Crippen LogP contribution is 2.23. The molecule has 8 nitrogen and oxygen atoms in total. The first kappa shape index (κ1) is 19.4. The van der Waals surface area contributed by atoms with E-state index in [1.807, 2.05) is 42.5 Å². The van der Waals surface area contributed by atoms with Crippen LogP contribution in [-0.4, -0.2) is 38.2 Å². The van der Waals surface area contributed by atoms with Crippen LogP contribution in [0.15, 0.2) is 52.9 Å². The number of aryl methyl sites for hydroxylation is 1. The molecule has 0 amide bonds. The number of esters is 1. The zero-order valence-corrected chi connectivity index (χ0v) is 16.6. The average molecular weight is 402 g/mol. The number of aromatic nitrogens is 4. The van der Waals surface area contributed by atoms with Gasteiger partial charge in [-0.15, -0.1) is 10.2 Å². The van der Waals surface area contributed by atoms with Crippen molar-refractivity contribution in [2.24, 2.45) is 0 Å². The number of fused-ring (bicyclic) bond motifs is 1. The summed E-state index contributed by atoms with van der Waals surface area (Å²) in [6, 6.07) is 14.7. The molecule has 0 unspecified atom stereocenters. The van der Waals surface area contributed by atoms with Crippen molar-refractivity contribution in [3.05, 3.63) is 71.6 Å². The second-order valence-electron chi connectivity index (χ2n) is 6.77. The van der Waals surface area contributed by atoms with Crippen molar-refractivity contribution in [2.45, 2.75) is 19.4 Å². The van der Waals surface area contributed by atoms with Crippen LogP contribution in [0.1, 0.15) is 34.8 Å². The topological polar surface area (TPSA) is 103 Å². The maximum absolute atomic E-state index is 12.1. The van der Waals surface area contributed by atoms with Gasteiger partial charge in [0.2, 0.25) is 11.5 Å². The van der Waals surface area contributed by atoms with Crippen LogP contribution in [0.3, 0.4) is 0 Å². The molecule has 0 fully saturated rings. The SMILES string of the molecule is COC(=O)c1nn(-c2cccc(C#C[C@@](C)(O)c3nnc(C)o3)c2)c2ccccc12. The van der Waals surface area contributed by atoms with E-state index >= 15 is 0 Å². The maximum atomic E-state index is 12.1. The van der Waals surface area contributed by atoms with Gasteiger partial charge in [0.1, 0.15) is 0 Å². The van der Waals surface area contributed by atoms with Crippen LogP contribution in [0, 0.1) is 18.8 Å². The molecule has 0 saturated heterocycles. The summed E-state index contributed by atoms with van der Waals surface area (Å²) in [6.07, 6.45) is 0. The summed E-state index contributed by atoms with van der Waals surface area (Å²) in [5.74, 6) is 5.56. The predicted octanol–water partition coefficient (Wildman–Crippen LogP) is 2.76. The van der Waals surface area contributed by atoms with Crippen LogP contribution >= 0.6 is 0 Å². The summed E-state index contributed by atoms with van der Waals surface area (Å²) in [7, 11) is 1.32. The molecule has 0 aliphatic heterocycles. The summed E-state index contributed by atoms with van der Waals surface area (Å²) >= 11 is 0. The number of hydrogen-bond donors (Lipinski definition) is 1. The molecule has 4 aromatic rings. The standard InChI is InChI=1S/C22H18N4O4/c1-14-23-24-21(30-14)22(2,28)12-11-15-7-6-8-16(13-15)26-18-10-5-4-9-17(18)19(25-26)20(27)29-3/h4-10,13,28H,1-3H3/t22-/m1/s1. The molecular weight excluding hydrogens is 384 g/mol. The molecule has 2 aromatic carbocycles. The van der Waals surface area contributed by atoms with Gasteiger partial charge in [0.25, 0.3) is 5.89 Å². The first-order chi connectivity index (χ1) is 14.4. The van der Waals surface area contributed by atoms with Gasteiger partial charge in [0, 0.05) is 17.9 Å². The Hall–Kier alpha value is -3.96. The first-order valence-electron chi connectivity index (χ1n) is 9.12. The Morgan fingerprint density at radius 1 is 1.20 bits per heavy atom. The number of hydrogen-bond acceptors (Lipinski definition) is 7. The molecule has 150 valence electrons. The Balaban J connectivity index is 1.75. The number of para-hydroxylation sites is 1. The van der Waals surface area contributed by atoms with Gasteiger partial charge < -0.3 is 14.3 Å². The largest absolute Gasteiger partial charge is 0.464 e. The molecule has 0 spiro atoms. The molecule has 0 radical (unpaired) electrons.